The van der Waals surface area contributed by atoms with Gasteiger partial charge < -0.3 is 15.5 Å². The van der Waals surface area contributed by atoms with E-state index in [-0.39, 0.29) is 0 Å². The number of nitrogens with zero attached hydrogens (tertiary/aromatic N) is 2. The molecule has 0 saturated carbocycles. The number of nitrogens with two attached hydrogens (primary N) is 1. The van der Waals surface area contributed by atoms with Crippen LogP contribution in [0.3, 0.4) is 0 Å². The third-order valence-corrected chi connectivity index (χ3v) is 3.46. The van der Waals surface area contributed by atoms with E-state index in [9.17, 15) is 0 Å². The van der Waals surface area contributed by atoms with Crippen LogP contribution in [0.2, 0.25) is 0 Å². The van der Waals surface area contributed by atoms with Crippen molar-refractivity contribution >= 4 is 0 Å². The molecule has 0 aromatic rings. The second-order valence-electron chi connectivity index (χ2n) is 5.14. The van der Waals surface area contributed by atoms with E-state index >= 15 is 0 Å². The van der Waals surface area contributed by atoms with Gasteiger partial charge in [0.25, 0.3) is 0 Å². The fraction of sp³-hybridized carbons (Fsp3) is 1.00. The summed E-state index contributed by atoms with van der Waals surface area (Å²) in [6.45, 7) is 7.09. The van der Waals surface area contributed by atoms with E-state index in [1.807, 2.05) is 0 Å². The molecule has 2 unspecified atom stereocenters. The fourth-order valence-electron chi connectivity index (χ4n) is 2.30. The molecule has 0 aromatic carbocycles. The van der Waals surface area contributed by atoms with E-state index < -0.39 is 0 Å². The van der Waals surface area contributed by atoms with E-state index in [0.29, 0.717) is 6.04 Å². The van der Waals surface area contributed by atoms with Gasteiger partial charge in [0, 0.05) is 19.1 Å². The second-order valence-corrected chi connectivity index (χ2v) is 5.14. The minimum atomic E-state index is 0.388. The molecule has 1 rings (SSSR count). The Morgan fingerprint density at radius 1 is 1.53 bits per heavy atom. The first-order valence-corrected chi connectivity index (χ1v) is 6.24. The van der Waals surface area contributed by atoms with Crippen LogP contribution in [0.25, 0.3) is 0 Å². The Labute approximate surface area is 94.6 Å². The Kier molecular flexibility index (Phi) is 5.58. The molecule has 1 fully saturated rings. The maximum Gasteiger partial charge on any atom is 0.00483 e. The zero-order valence-electron chi connectivity index (χ0n) is 10.6. The summed E-state index contributed by atoms with van der Waals surface area (Å²) in [5, 5.41) is 0. The normalized spacial score (nSPS) is 25.0. The van der Waals surface area contributed by atoms with Crippen molar-refractivity contribution in [3.63, 3.8) is 0 Å². The highest BCUT2D eigenvalue weighted by molar-refractivity contribution is 4.75. The highest BCUT2D eigenvalue weighted by atomic mass is 15.1. The van der Waals surface area contributed by atoms with Crippen LogP contribution < -0.4 is 5.73 Å². The van der Waals surface area contributed by atoms with Crippen LogP contribution in [0, 0.1) is 5.92 Å². The van der Waals surface area contributed by atoms with Gasteiger partial charge in [0.05, 0.1) is 0 Å². The van der Waals surface area contributed by atoms with Gasteiger partial charge in [-0.2, -0.15) is 0 Å². The maximum atomic E-state index is 5.92. The van der Waals surface area contributed by atoms with Gasteiger partial charge in [0.15, 0.2) is 0 Å². The molecule has 1 aliphatic rings. The molecule has 0 aromatic heterocycles. The Hall–Kier alpha value is -0.120. The molecule has 2 N–H and O–H groups in total. The van der Waals surface area contributed by atoms with Gasteiger partial charge >= 0.3 is 0 Å². The lowest BCUT2D eigenvalue weighted by Crippen LogP contribution is -2.31. The molecule has 0 aliphatic carbocycles. The first-order valence-electron chi connectivity index (χ1n) is 6.24. The van der Waals surface area contributed by atoms with Crippen LogP contribution in [0.4, 0.5) is 0 Å². The van der Waals surface area contributed by atoms with E-state index in [2.05, 4.69) is 30.8 Å². The number of hydrogen-bond acceptors (Lipinski definition) is 3. The van der Waals surface area contributed by atoms with Gasteiger partial charge in [-0.05, 0) is 52.4 Å². The third-order valence-electron chi connectivity index (χ3n) is 3.46. The fourth-order valence-corrected chi connectivity index (χ4v) is 2.30. The first kappa shape index (κ1) is 12.9. The second kappa shape index (κ2) is 6.46. The lowest BCUT2D eigenvalue weighted by atomic mass is 10.1. The molecule has 3 nitrogen and oxygen atoms in total. The summed E-state index contributed by atoms with van der Waals surface area (Å²) in [6, 6.07) is 0.388. The summed E-state index contributed by atoms with van der Waals surface area (Å²) in [6.07, 6.45) is 3.59. The monoisotopic (exact) mass is 213 g/mol. The lowest BCUT2D eigenvalue weighted by molar-refractivity contribution is 0.264. The van der Waals surface area contributed by atoms with Crippen LogP contribution >= 0.6 is 0 Å². The summed E-state index contributed by atoms with van der Waals surface area (Å²) in [4.78, 5) is 4.87. The van der Waals surface area contributed by atoms with Gasteiger partial charge in [0.2, 0.25) is 0 Å². The van der Waals surface area contributed by atoms with E-state index in [1.165, 1.54) is 26.1 Å². The van der Waals surface area contributed by atoms with Crippen LogP contribution in [-0.2, 0) is 0 Å². The highest BCUT2D eigenvalue weighted by Crippen LogP contribution is 2.15. The number of hydrogen-bond donors (Lipinski definition) is 1. The van der Waals surface area contributed by atoms with E-state index in [4.69, 9.17) is 5.73 Å². The SMILES string of the molecule is CCC(N)CCN(C)CC1CCN(C)C1. The van der Waals surface area contributed by atoms with Crippen LogP contribution in [0.5, 0.6) is 0 Å². The summed E-state index contributed by atoms with van der Waals surface area (Å²) in [5.74, 6) is 0.873. The average molecular weight is 213 g/mol. The smallest absolute Gasteiger partial charge is 0.00483 e. The zero-order valence-corrected chi connectivity index (χ0v) is 10.6. The van der Waals surface area contributed by atoms with Crippen LogP contribution in [-0.4, -0.2) is 56.1 Å². The molecule has 0 amide bonds. The average Bonchev–Trinajstić information content (AvgIpc) is 2.60. The molecule has 2 atom stereocenters. The third kappa shape index (κ3) is 4.96. The molecule has 0 bridgehead atoms. The largest absolute Gasteiger partial charge is 0.328 e. The Balaban J connectivity index is 2.10. The predicted octanol–water partition coefficient (Wildman–Crippen LogP) is 0.997. The molecular weight excluding hydrogens is 186 g/mol. The lowest BCUT2D eigenvalue weighted by Gasteiger charge is -2.22. The molecule has 1 aliphatic heterocycles. The highest BCUT2D eigenvalue weighted by Gasteiger charge is 2.20. The predicted molar refractivity (Wildman–Crippen MR) is 66.0 cm³/mol. The topological polar surface area (TPSA) is 32.5 Å². The number of rotatable bonds is 6. The molecular formula is C12H27N3. The van der Waals surface area contributed by atoms with Crippen LogP contribution in [0.15, 0.2) is 0 Å². The van der Waals surface area contributed by atoms with Crippen molar-refractivity contribution in [1.29, 1.82) is 0 Å². The Morgan fingerprint density at radius 3 is 2.80 bits per heavy atom. The minimum Gasteiger partial charge on any atom is -0.328 e. The summed E-state index contributed by atoms with van der Waals surface area (Å²) in [7, 11) is 4.44. The zero-order chi connectivity index (χ0) is 11.3. The minimum absolute atomic E-state index is 0.388. The van der Waals surface area contributed by atoms with Gasteiger partial charge in [-0.15, -0.1) is 0 Å². The summed E-state index contributed by atoms with van der Waals surface area (Å²) < 4.78 is 0. The van der Waals surface area contributed by atoms with Crippen LogP contribution in [0.1, 0.15) is 26.2 Å². The van der Waals surface area contributed by atoms with Gasteiger partial charge in [-0.25, -0.2) is 0 Å². The summed E-state index contributed by atoms with van der Waals surface area (Å²) >= 11 is 0. The van der Waals surface area contributed by atoms with Crippen molar-refractivity contribution in [3.05, 3.63) is 0 Å². The van der Waals surface area contributed by atoms with Gasteiger partial charge in [-0.3, -0.25) is 0 Å². The van der Waals surface area contributed by atoms with Gasteiger partial charge in [-0.1, -0.05) is 6.92 Å². The van der Waals surface area contributed by atoms with E-state index in [0.717, 1.165) is 25.3 Å². The van der Waals surface area contributed by atoms with Crippen molar-refractivity contribution in [1.82, 2.24) is 9.80 Å². The van der Waals surface area contributed by atoms with E-state index in [1.54, 1.807) is 0 Å². The van der Waals surface area contributed by atoms with Crippen molar-refractivity contribution in [2.24, 2.45) is 11.7 Å². The van der Waals surface area contributed by atoms with Gasteiger partial charge in [0.1, 0.15) is 0 Å². The molecule has 1 heterocycles. The molecule has 3 heteroatoms. The quantitative estimate of drug-likeness (QED) is 0.714. The molecule has 90 valence electrons. The maximum absolute atomic E-state index is 5.92. The molecule has 1 saturated heterocycles. The van der Waals surface area contributed by atoms with Crippen molar-refractivity contribution in [3.8, 4) is 0 Å². The first-order chi connectivity index (χ1) is 7.11. The number of likely N-dealkylation sites (tertiary alicyclic amines) is 1. The molecule has 0 radical (unpaired) electrons. The standard InChI is InChI=1S/C12H27N3/c1-4-12(13)6-8-15(3)10-11-5-7-14(2)9-11/h11-12H,4-10,13H2,1-3H3. The molecule has 15 heavy (non-hydrogen) atoms. The summed E-state index contributed by atoms with van der Waals surface area (Å²) in [5.41, 5.74) is 5.92. The Bertz CT molecular complexity index is 172. The van der Waals surface area contributed by atoms with Crippen molar-refractivity contribution in [2.45, 2.75) is 32.2 Å². The van der Waals surface area contributed by atoms with Crippen molar-refractivity contribution in [2.75, 3.05) is 40.3 Å². The van der Waals surface area contributed by atoms with Crippen molar-refractivity contribution < 1.29 is 0 Å². The molecule has 0 spiro atoms. The Morgan fingerprint density at radius 2 is 2.27 bits per heavy atom.